The molecular weight excluding hydrogens is 357 g/mol. The second kappa shape index (κ2) is 8.07. The van der Waals surface area contributed by atoms with E-state index in [1.165, 1.54) is 6.07 Å². The zero-order valence-corrected chi connectivity index (χ0v) is 14.7. The Kier molecular flexibility index (Phi) is 5.58. The number of halogens is 3. The van der Waals surface area contributed by atoms with E-state index in [1.807, 2.05) is 28.8 Å². The topological polar surface area (TPSA) is 66.6 Å². The first-order valence-corrected chi connectivity index (χ1v) is 8.36. The Bertz CT molecular complexity index is 932. The van der Waals surface area contributed by atoms with Crippen molar-refractivity contribution in [1.82, 2.24) is 25.2 Å². The Labute approximate surface area is 154 Å². The number of guanidine groups is 1. The number of alkyl halides is 3. The molecule has 1 aromatic carbocycles. The standard InChI is InChI=1S/C18H19F3N6/c1-22-17(24-12-13-5-4-6-14(11-13)18(19,20)21)23-9-8-16-26-25-15-7-2-3-10-27(15)16/h2-7,10-11H,8-9,12H2,1H3,(H2,22,23,24). The molecule has 0 fully saturated rings. The Morgan fingerprint density at radius 2 is 1.96 bits per heavy atom. The Hall–Kier alpha value is -3.10. The summed E-state index contributed by atoms with van der Waals surface area (Å²) in [5.41, 5.74) is 0.638. The van der Waals surface area contributed by atoms with Gasteiger partial charge in [0.05, 0.1) is 5.56 Å². The first-order chi connectivity index (χ1) is 13.0. The fourth-order valence-electron chi connectivity index (χ4n) is 2.62. The number of hydrogen-bond acceptors (Lipinski definition) is 3. The minimum atomic E-state index is -4.35. The molecule has 142 valence electrons. The number of nitrogens with one attached hydrogen (secondary N) is 2. The third-order valence-electron chi connectivity index (χ3n) is 3.96. The zero-order chi connectivity index (χ0) is 19.3. The minimum absolute atomic E-state index is 0.234. The van der Waals surface area contributed by atoms with E-state index in [0.29, 0.717) is 24.5 Å². The summed E-state index contributed by atoms with van der Waals surface area (Å²) in [6, 6.07) is 10.9. The average molecular weight is 376 g/mol. The van der Waals surface area contributed by atoms with E-state index < -0.39 is 11.7 Å². The van der Waals surface area contributed by atoms with Crippen LogP contribution in [-0.4, -0.2) is 34.2 Å². The maximum atomic E-state index is 12.8. The van der Waals surface area contributed by atoms with Crippen molar-refractivity contribution in [2.45, 2.75) is 19.1 Å². The molecule has 2 aromatic heterocycles. The summed E-state index contributed by atoms with van der Waals surface area (Å²) < 4.78 is 40.2. The van der Waals surface area contributed by atoms with Gasteiger partial charge in [-0.2, -0.15) is 13.2 Å². The number of aliphatic imine (C=N–C) groups is 1. The Morgan fingerprint density at radius 1 is 1.11 bits per heavy atom. The Morgan fingerprint density at radius 3 is 2.74 bits per heavy atom. The van der Waals surface area contributed by atoms with Gasteiger partial charge < -0.3 is 10.6 Å². The summed E-state index contributed by atoms with van der Waals surface area (Å²) in [4.78, 5) is 4.08. The van der Waals surface area contributed by atoms with Crippen LogP contribution in [0.2, 0.25) is 0 Å². The number of aromatic nitrogens is 3. The second-order valence-electron chi connectivity index (χ2n) is 5.85. The largest absolute Gasteiger partial charge is 0.416 e. The van der Waals surface area contributed by atoms with Gasteiger partial charge in [0.15, 0.2) is 11.6 Å². The number of fused-ring (bicyclic) bond motifs is 1. The van der Waals surface area contributed by atoms with Gasteiger partial charge in [0, 0.05) is 32.8 Å². The molecule has 0 amide bonds. The number of rotatable bonds is 5. The lowest BCUT2D eigenvalue weighted by Gasteiger charge is -2.13. The van der Waals surface area contributed by atoms with Crippen LogP contribution in [0, 0.1) is 0 Å². The normalized spacial score (nSPS) is 12.4. The van der Waals surface area contributed by atoms with E-state index in [2.05, 4.69) is 25.8 Å². The van der Waals surface area contributed by atoms with Crippen LogP contribution in [0.25, 0.3) is 5.65 Å². The molecule has 9 heteroatoms. The maximum Gasteiger partial charge on any atom is 0.416 e. The van der Waals surface area contributed by atoms with E-state index >= 15 is 0 Å². The lowest BCUT2D eigenvalue weighted by atomic mass is 10.1. The van der Waals surface area contributed by atoms with Crippen molar-refractivity contribution in [2.24, 2.45) is 4.99 Å². The first-order valence-electron chi connectivity index (χ1n) is 8.36. The first kappa shape index (κ1) is 18.7. The highest BCUT2D eigenvalue weighted by molar-refractivity contribution is 5.79. The van der Waals surface area contributed by atoms with Crippen LogP contribution in [0.1, 0.15) is 17.0 Å². The molecule has 3 aromatic rings. The zero-order valence-electron chi connectivity index (χ0n) is 14.7. The van der Waals surface area contributed by atoms with E-state index in [1.54, 1.807) is 13.1 Å². The number of hydrogen-bond donors (Lipinski definition) is 2. The van der Waals surface area contributed by atoms with Crippen molar-refractivity contribution in [3.05, 3.63) is 65.6 Å². The lowest BCUT2D eigenvalue weighted by molar-refractivity contribution is -0.137. The smallest absolute Gasteiger partial charge is 0.356 e. The molecule has 0 radical (unpaired) electrons. The molecule has 0 aliphatic heterocycles. The lowest BCUT2D eigenvalue weighted by Crippen LogP contribution is -2.38. The number of nitrogens with zero attached hydrogens (tertiary/aromatic N) is 4. The van der Waals surface area contributed by atoms with Gasteiger partial charge in [-0.05, 0) is 29.8 Å². The third kappa shape index (κ3) is 4.75. The molecule has 0 saturated heterocycles. The second-order valence-corrected chi connectivity index (χ2v) is 5.85. The highest BCUT2D eigenvalue weighted by atomic mass is 19.4. The van der Waals surface area contributed by atoms with Crippen molar-refractivity contribution in [3.63, 3.8) is 0 Å². The van der Waals surface area contributed by atoms with Crippen LogP contribution < -0.4 is 10.6 Å². The third-order valence-corrected chi connectivity index (χ3v) is 3.96. The molecule has 0 unspecified atom stereocenters. The highest BCUT2D eigenvalue weighted by Gasteiger charge is 2.30. The SMILES string of the molecule is CN=C(NCCc1nnc2ccccn12)NCc1cccc(C(F)(F)F)c1. The van der Waals surface area contributed by atoms with Gasteiger partial charge in [0.25, 0.3) is 0 Å². The van der Waals surface area contributed by atoms with Gasteiger partial charge in [0.2, 0.25) is 0 Å². The van der Waals surface area contributed by atoms with Crippen LogP contribution in [0.5, 0.6) is 0 Å². The van der Waals surface area contributed by atoms with E-state index in [0.717, 1.165) is 23.6 Å². The number of benzene rings is 1. The van der Waals surface area contributed by atoms with Crippen LogP contribution in [-0.2, 0) is 19.1 Å². The van der Waals surface area contributed by atoms with Crippen molar-refractivity contribution in [3.8, 4) is 0 Å². The average Bonchev–Trinajstić information content (AvgIpc) is 3.07. The molecule has 0 aliphatic carbocycles. The molecule has 27 heavy (non-hydrogen) atoms. The van der Waals surface area contributed by atoms with Gasteiger partial charge in [-0.15, -0.1) is 10.2 Å². The summed E-state index contributed by atoms with van der Waals surface area (Å²) in [7, 11) is 1.61. The fourth-order valence-corrected chi connectivity index (χ4v) is 2.62. The molecule has 2 N–H and O–H groups in total. The van der Waals surface area contributed by atoms with Crippen molar-refractivity contribution in [1.29, 1.82) is 0 Å². The molecular formula is C18H19F3N6. The van der Waals surface area contributed by atoms with Gasteiger partial charge >= 0.3 is 6.18 Å². The van der Waals surface area contributed by atoms with E-state index in [-0.39, 0.29) is 6.54 Å². The quantitative estimate of drug-likeness (QED) is 0.531. The molecule has 0 atom stereocenters. The van der Waals surface area contributed by atoms with Crippen molar-refractivity contribution < 1.29 is 13.2 Å². The summed E-state index contributed by atoms with van der Waals surface area (Å²) in [5, 5.41) is 14.4. The Balaban J connectivity index is 1.53. The monoisotopic (exact) mass is 376 g/mol. The van der Waals surface area contributed by atoms with Gasteiger partial charge in [-0.25, -0.2) is 0 Å². The highest BCUT2D eigenvalue weighted by Crippen LogP contribution is 2.29. The summed E-state index contributed by atoms with van der Waals surface area (Å²) in [6.45, 7) is 0.787. The predicted molar refractivity (Wildman–Crippen MR) is 96.3 cm³/mol. The number of pyridine rings is 1. The molecule has 2 heterocycles. The van der Waals surface area contributed by atoms with Crippen LogP contribution in [0.15, 0.2) is 53.7 Å². The molecule has 0 spiro atoms. The molecule has 3 rings (SSSR count). The van der Waals surface area contributed by atoms with Gasteiger partial charge in [-0.1, -0.05) is 18.2 Å². The summed E-state index contributed by atoms with van der Waals surface area (Å²) in [6.07, 6.45) is -1.84. The van der Waals surface area contributed by atoms with Crippen LogP contribution >= 0.6 is 0 Å². The predicted octanol–water partition coefficient (Wildman–Crippen LogP) is 2.66. The fraction of sp³-hybridized carbons (Fsp3) is 0.278. The summed E-state index contributed by atoms with van der Waals surface area (Å²) in [5.74, 6) is 1.31. The maximum absolute atomic E-state index is 12.8. The van der Waals surface area contributed by atoms with Gasteiger partial charge in [-0.3, -0.25) is 9.39 Å². The molecule has 0 bridgehead atoms. The van der Waals surface area contributed by atoms with E-state index in [9.17, 15) is 13.2 Å². The van der Waals surface area contributed by atoms with Crippen molar-refractivity contribution >= 4 is 11.6 Å². The molecule has 0 aliphatic rings. The van der Waals surface area contributed by atoms with E-state index in [4.69, 9.17) is 0 Å². The van der Waals surface area contributed by atoms with Gasteiger partial charge in [0.1, 0.15) is 5.82 Å². The van der Waals surface area contributed by atoms with Crippen LogP contribution in [0.3, 0.4) is 0 Å². The molecule has 6 nitrogen and oxygen atoms in total. The molecule has 0 saturated carbocycles. The summed E-state index contributed by atoms with van der Waals surface area (Å²) >= 11 is 0. The van der Waals surface area contributed by atoms with Crippen LogP contribution in [0.4, 0.5) is 13.2 Å². The van der Waals surface area contributed by atoms with Crippen molar-refractivity contribution in [2.75, 3.05) is 13.6 Å². The minimum Gasteiger partial charge on any atom is -0.356 e.